The van der Waals surface area contributed by atoms with E-state index in [2.05, 4.69) is 10.3 Å². The van der Waals surface area contributed by atoms with Gasteiger partial charge < -0.3 is 10.4 Å². The lowest BCUT2D eigenvalue weighted by molar-refractivity contribution is 0.480. The van der Waals surface area contributed by atoms with Gasteiger partial charge >= 0.3 is 0 Å². The van der Waals surface area contributed by atoms with Gasteiger partial charge in [-0.25, -0.2) is 0 Å². The van der Waals surface area contributed by atoms with Crippen LogP contribution < -0.4 is 5.32 Å². The molecule has 72 valence electrons. The van der Waals surface area contributed by atoms with Gasteiger partial charge in [-0.15, -0.1) is 0 Å². The van der Waals surface area contributed by atoms with Gasteiger partial charge in [0.15, 0.2) is 0 Å². The molecular formula is C11H12N2O. The van der Waals surface area contributed by atoms with Crippen LogP contribution in [0, 0.1) is 0 Å². The minimum Gasteiger partial charge on any atom is -0.506 e. The molecule has 0 atom stereocenters. The molecule has 1 aromatic carbocycles. The van der Waals surface area contributed by atoms with Crippen molar-refractivity contribution in [2.24, 2.45) is 0 Å². The number of hydrogen-bond donors (Lipinski definition) is 2. The highest BCUT2D eigenvalue weighted by Crippen LogP contribution is 2.24. The molecule has 3 heteroatoms. The van der Waals surface area contributed by atoms with E-state index in [4.69, 9.17) is 0 Å². The second-order valence-electron chi connectivity index (χ2n) is 3.17. The van der Waals surface area contributed by atoms with Crippen molar-refractivity contribution in [2.45, 2.75) is 6.54 Å². The van der Waals surface area contributed by atoms with E-state index in [9.17, 15) is 5.11 Å². The van der Waals surface area contributed by atoms with Crippen LogP contribution in [0.4, 0.5) is 0 Å². The molecule has 2 rings (SSSR count). The van der Waals surface area contributed by atoms with Crippen molar-refractivity contribution in [3.05, 3.63) is 36.0 Å². The molecule has 0 spiro atoms. The van der Waals surface area contributed by atoms with Crippen LogP contribution in [-0.2, 0) is 6.54 Å². The first kappa shape index (κ1) is 8.97. The number of benzene rings is 1. The van der Waals surface area contributed by atoms with Crippen LogP contribution in [0.2, 0.25) is 0 Å². The van der Waals surface area contributed by atoms with Gasteiger partial charge in [-0.1, -0.05) is 12.1 Å². The Morgan fingerprint density at radius 1 is 1.36 bits per heavy atom. The van der Waals surface area contributed by atoms with Crippen LogP contribution in [0.5, 0.6) is 5.75 Å². The van der Waals surface area contributed by atoms with Crippen LogP contribution in [0.15, 0.2) is 30.5 Å². The van der Waals surface area contributed by atoms with Crippen LogP contribution in [0.3, 0.4) is 0 Å². The Hall–Kier alpha value is -1.61. The Morgan fingerprint density at radius 2 is 2.21 bits per heavy atom. The Kier molecular flexibility index (Phi) is 2.33. The SMILES string of the molecule is CNCc1ccnc2c(O)cccc12. The average molecular weight is 188 g/mol. The highest BCUT2D eigenvalue weighted by molar-refractivity contribution is 5.86. The summed E-state index contributed by atoms with van der Waals surface area (Å²) in [7, 11) is 1.90. The van der Waals surface area contributed by atoms with E-state index in [-0.39, 0.29) is 5.75 Å². The molecule has 3 nitrogen and oxygen atoms in total. The summed E-state index contributed by atoms with van der Waals surface area (Å²) in [6.45, 7) is 0.780. The number of fused-ring (bicyclic) bond motifs is 1. The van der Waals surface area contributed by atoms with Gasteiger partial charge in [0.25, 0.3) is 0 Å². The van der Waals surface area contributed by atoms with Gasteiger partial charge in [0, 0.05) is 18.1 Å². The van der Waals surface area contributed by atoms with Crippen molar-refractivity contribution in [3.63, 3.8) is 0 Å². The molecule has 0 saturated carbocycles. The Bertz CT molecular complexity index is 454. The number of nitrogens with one attached hydrogen (secondary N) is 1. The minimum atomic E-state index is 0.237. The summed E-state index contributed by atoms with van der Waals surface area (Å²) >= 11 is 0. The Morgan fingerprint density at radius 3 is 3.00 bits per heavy atom. The molecule has 1 heterocycles. The minimum absolute atomic E-state index is 0.237. The van der Waals surface area contributed by atoms with Gasteiger partial charge in [-0.3, -0.25) is 4.98 Å². The Balaban J connectivity index is 2.68. The van der Waals surface area contributed by atoms with Crippen molar-refractivity contribution in [2.75, 3.05) is 7.05 Å². The predicted molar refractivity (Wildman–Crippen MR) is 56.2 cm³/mol. The van der Waals surface area contributed by atoms with Gasteiger partial charge in [0.05, 0.1) is 0 Å². The van der Waals surface area contributed by atoms with E-state index in [0.717, 1.165) is 17.5 Å². The predicted octanol–water partition coefficient (Wildman–Crippen LogP) is 1.66. The van der Waals surface area contributed by atoms with Crippen molar-refractivity contribution in [3.8, 4) is 5.75 Å². The number of phenolic OH excluding ortho intramolecular Hbond substituents is 1. The topological polar surface area (TPSA) is 45.2 Å². The molecule has 0 fully saturated rings. The molecule has 0 saturated heterocycles. The first-order chi connectivity index (χ1) is 6.83. The highest BCUT2D eigenvalue weighted by Gasteiger charge is 2.03. The van der Waals surface area contributed by atoms with E-state index in [0.29, 0.717) is 5.52 Å². The number of hydrogen-bond acceptors (Lipinski definition) is 3. The maximum atomic E-state index is 9.58. The summed E-state index contributed by atoms with van der Waals surface area (Å²) < 4.78 is 0. The van der Waals surface area contributed by atoms with Crippen molar-refractivity contribution >= 4 is 10.9 Å². The normalized spacial score (nSPS) is 10.6. The number of pyridine rings is 1. The number of phenols is 1. The zero-order valence-corrected chi connectivity index (χ0v) is 7.99. The molecule has 14 heavy (non-hydrogen) atoms. The van der Waals surface area contributed by atoms with Gasteiger partial charge in [-0.05, 0) is 24.7 Å². The second-order valence-corrected chi connectivity index (χ2v) is 3.17. The van der Waals surface area contributed by atoms with E-state index in [1.807, 2.05) is 25.2 Å². The molecule has 0 unspecified atom stereocenters. The third-order valence-electron chi connectivity index (χ3n) is 2.21. The summed E-state index contributed by atoms with van der Waals surface area (Å²) in [5.41, 5.74) is 1.81. The van der Waals surface area contributed by atoms with Crippen LogP contribution in [0.1, 0.15) is 5.56 Å². The molecule has 1 aromatic heterocycles. The molecular weight excluding hydrogens is 176 g/mol. The zero-order valence-electron chi connectivity index (χ0n) is 7.99. The first-order valence-corrected chi connectivity index (χ1v) is 4.53. The third-order valence-corrected chi connectivity index (χ3v) is 2.21. The fourth-order valence-corrected chi connectivity index (χ4v) is 1.56. The van der Waals surface area contributed by atoms with Crippen molar-refractivity contribution in [1.29, 1.82) is 0 Å². The molecule has 0 aliphatic carbocycles. The lowest BCUT2D eigenvalue weighted by Gasteiger charge is -2.05. The number of nitrogens with zero attached hydrogens (tertiary/aromatic N) is 1. The largest absolute Gasteiger partial charge is 0.506 e. The second kappa shape index (κ2) is 3.64. The van der Waals surface area contributed by atoms with Crippen LogP contribution >= 0.6 is 0 Å². The van der Waals surface area contributed by atoms with Crippen LogP contribution in [-0.4, -0.2) is 17.1 Å². The number of aromatic hydroxyl groups is 1. The smallest absolute Gasteiger partial charge is 0.141 e. The molecule has 0 bridgehead atoms. The van der Waals surface area contributed by atoms with E-state index in [1.165, 1.54) is 0 Å². The summed E-state index contributed by atoms with van der Waals surface area (Å²) in [5, 5.41) is 13.7. The quantitative estimate of drug-likeness (QED) is 0.753. The fraction of sp³-hybridized carbons (Fsp3) is 0.182. The molecule has 0 aliphatic heterocycles. The maximum absolute atomic E-state index is 9.58. The third kappa shape index (κ3) is 1.42. The van der Waals surface area contributed by atoms with E-state index >= 15 is 0 Å². The van der Waals surface area contributed by atoms with Gasteiger partial charge in [0.2, 0.25) is 0 Å². The molecule has 0 radical (unpaired) electrons. The molecule has 2 N–H and O–H groups in total. The fourth-order valence-electron chi connectivity index (χ4n) is 1.56. The maximum Gasteiger partial charge on any atom is 0.141 e. The van der Waals surface area contributed by atoms with E-state index < -0.39 is 0 Å². The van der Waals surface area contributed by atoms with Crippen molar-refractivity contribution in [1.82, 2.24) is 10.3 Å². The Labute approximate surface area is 82.4 Å². The molecule has 0 aliphatic rings. The van der Waals surface area contributed by atoms with Crippen molar-refractivity contribution < 1.29 is 5.11 Å². The van der Waals surface area contributed by atoms with E-state index in [1.54, 1.807) is 12.3 Å². The van der Waals surface area contributed by atoms with Gasteiger partial charge in [0.1, 0.15) is 11.3 Å². The number of rotatable bonds is 2. The lowest BCUT2D eigenvalue weighted by Crippen LogP contribution is -2.05. The molecule has 0 amide bonds. The number of aromatic nitrogens is 1. The highest BCUT2D eigenvalue weighted by atomic mass is 16.3. The summed E-state index contributed by atoms with van der Waals surface area (Å²) in [4.78, 5) is 4.15. The monoisotopic (exact) mass is 188 g/mol. The summed E-state index contributed by atoms with van der Waals surface area (Å²) in [6.07, 6.45) is 1.72. The number of para-hydroxylation sites is 1. The van der Waals surface area contributed by atoms with Gasteiger partial charge in [-0.2, -0.15) is 0 Å². The standard InChI is InChI=1S/C11H12N2O/c1-12-7-8-5-6-13-11-9(8)3-2-4-10(11)14/h2-6,12,14H,7H2,1H3. The average Bonchev–Trinajstić information content (AvgIpc) is 2.20. The van der Waals surface area contributed by atoms with Crippen LogP contribution in [0.25, 0.3) is 10.9 Å². The summed E-state index contributed by atoms with van der Waals surface area (Å²) in [5.74, 6) is 0.237. The molecule has 2 aromatic rings. The summed E-state index contributed by atoms with van der Waals surface area (Å²) in [6, 6.07) is 7.41. The lowest BCUT2D eigenvalue weighted by atomic mass is 10.1. The first-order valence-electron chi connectivity index (χ1n) is 4.53. The zero-order chi connectivity index (χ0) is 9.97.